The van der Waals surface area contributed by atoms with Crippen molar-refractivity contribution in [3.05, 3.63) is 82.5 Å². The molecule has 0 atom stereocenters. The summed E-state index contributed by atoms with van der Waals surface area (Å²) < 4.78 is 7.15. The highest BCUT2D eigenvalue weighted by molar-refractivity contribution is 6.31. The average molecular weight is 427 g/mol. The topological polar surface area (TPSA) is 73.0 Å². The van der Waals surface area contributed by atoms with E-state index in [4.69, 9.17) is 27.7 Å². The number of aromatic nitrogens is 3. The number of halogens is 2. The van der Waals surface area contributed by atoms with Crippen molar-refractivity contribution in [2.45, 2.75) is 13.1 Å². The first-order valence-corrected chi connectivity index (χ1v) is 9.60. The molecule has 1 amide bonds. The summed E-state index contributed by atoms with van der Waals surface area (Å²) in [5.74, 6) is 0.616. The van der Waals surface area contributed by atoms with E-state index in [1.54, 1.807) is 29.0 Å². The SMILES string of the molecule is O=C(Cn1cccc1-c1nc(-c2cccc(Cl)c2)no1)NCc1cccc(Cl)c1. The molecular formula is C21H16Cl2N4O2. The summed E-state index contributed by atoms with van der Waals surface area (Å²) in [7, 11) is 0. The van der Waals surface area contributed by atoms with Crippen molar-refractivity contribution in [2.75, 3.05) is 0 Å². The third-order valence-corrected chi connectivity index (χ3v) is 4.72. The zero-order chi connectivity index (χ0) is 20.2. The van der Waals surface area contributed by atoms with Crippen LogP contribution in [0.4, 0.5) is 0 Å². The van der Waals surface area contributed by atoms with E-state index in [1.165, 1.54) is 0 Å². The van der Waals surface area contributed by atoms with Gasteiger partial charge in [0.05, 0.1) is 0 Å². The number of amides is 1. The minimum atomic E-state index is -0.142. The van der Waals surface area contributed by atoms with Gasteiger partial charge in [-0.1, -0.05) is 52.6 Å². The normalized spacial score (nSPS) is 10.8. The second kappa shape index (κ2) is 8.51. The van der Waals surface area contributed by atoms with E-state index >= 15 is 0 Å². The van der Waals surface area contributed by atoms with Crippen LogP contribution in [0.5, 0.6) is 0 Å². The maximum absolute atomic E-state index is 12.4. The Morgan fingerprint density at radius 1 is 1.03 bits per heavy atom. The summed E-state index contributed by atoms with van der Waals surface area (Å²) in [6, 6.07) is 18.2. The summed E-state index contributed by atoms with van der Waals surface area (Å²) in [6.45, 7) is 0.521. The number of rotatable bonds is 6. The van der Waals surface area contributed by atoms with Gasteiger partial charge in [-0.05, 0) is 42.0 Å². The fourth-order valence-corrected chi connectivity index (χ4v) is 3.28. The van der Waals surface area contributed by atoms with Gasteiger partial charge in [-0.25, -0.2) is 0 Å². The number of carbonyl (C=O) groups is 1. The summed E-state index contributed by atoms with van der Waals surface area (Å²) in [4.78, 5) is 16.8. The third kappa shape index (κ3) is 4.67. The lowest BCUT2D eigenvalue weighted by Crippen LogP contribution is -2.27. The van der Waals surface area contributed by atoms with Crippen LogP contribution in [0.25, 0.3) is 23.0 Å². The van der Waals surface area contributed by atoms with Gasteiger partial charge in [-0.3, -0.25) is 4.79 Å². The second-order valence-corrected chi connectivity index (χ2v) is 7.23. The fourth-order valence-electron chi connectivity index (χ4n) is 2.88. The molecule has 2 aromatic heterocycles. The smallest absolute Gasteiger partial charge is 0.274 e. The Morgan fingerprint density at radius 2 is 1.83 bits per heavy atom. The monoisotopic (exact) mass is 426 g/mol. The van der Waals surface area contributed by atoms with E-state index in [0.717, 1.165) is 11.1 Å². The molecule has 29 heavy (non-hydrogen) atoms. The summed E-state index contributed by atoms with van der Waals surface area (Å²) in [5, 5.41) is 8.12. The lowest BCUT2D eigenvalue weighted by molar-refractivity contribution is -0.121. The van der Waals surface area contributed by atoms with Crippen LogP contribution < -0.4 is 5.32 Å². The average Bonchev–Trinajstić information content (AvgIpc) is 3.36. The summed E-state index contributed by atoms with van der Waals surface area (Å²) >= 11 is 12.0. The van der Waals surface area contributed by atoms with Gasteiger partial charge in [0.25, 0.3) is 5.89 Å². The van der Waals surface area contributed by atoms with E-state index in [-0.39, 0.29) is 12.5 Å². The number of hydrogen-bond acceptors (Lipinski definition) is 4. The number of carbonyl (C=O) groups excluding carboxylic acids is 1. The van der Waals surface area contributed by atoms with Gasteiger partial charge >= 0.3 is 0 Å². The highest BCUT2D eigenvalue weighted by Gasteiger charge is 2.15. The molecule has 0 unspecified atom stereocenters. The lowest BCUT2D eigenvalue weighted by atomic mass is 10.2. The molecule has 0 aliphatic heterocycles. The Balaban J connectivity index is 1.45. The number of nitrogens with zero attached hydrogens (tertiary/aromatic N) is 3. The maximum atomic E-state index is 12.4. The second-order valence-electron chi connectivity index (χ2n) is 6.36. The molecule has 2 aromatic carbocycles. The van der Waals surface area contributed by atoms with Crippen LogP contribution in [0.1, 0.15) is 5.56 Å². The number of benzene rings is 2. The quantitative estimate of drug-likeness (QED) is 0.479. The molecule has 146 valence electrons. The van der Waals surface area contributed by atoms with Crippen molar-refractivity contribution < 1.29 is 9.32 Å². The molecule has 4 rings (SSSR count). The van der Waals surface area contributed by atoms with Gasteiger partial charge in [0.15, 0.2) is 0 Å². The molecule has 0 aliphatic rings. The van der Waals surface area contributed by atoms with Crippen molar-refractivity contribution in [1.29, 1.82) is 0 Å². The standard InChI is InChI=1S/C21H16Cl2N4O2/c22-16-6-1-4-14(10-16)12-24-19(28)13-27-9-3-8-18(27)21-25-20(26-29-21)15-5-2-7-17(23)11-15/h1-11H,12-13H2,(H,24,28). The van der Waals surface area contributed by atoms with Crippen molar-refractivity contribution in [1.82, 2.24) is 20.0 Å². The first kappa shape index (κ1) is 19.2. The molecule has 0 saturated carbocycles. The highest BCUT2D eigenvalue weighted by atomic mass is 35.5. The zero-order valence-corrected chi connectivity index (χ0v) is 16.7. The Morgan fingerprint density at radius 3 is 2.62 bits per heavy atom. The van der Waals surface area contributed by atoms with E-state index in [9.17, 15) is 4.79 Å². The minimum Gasteiger partial charge on any atom is -0.350 e. The van der Waals surface area contributed by atoms with Crippen molar-refractivity contribution in [2.24, 2.45) is 0 Å². The predicted molar refractivity (Wildman–Crippen MR) is 111 cm³/mol. The van der Waals surface area contributed by atoms with Crippen LogP contribution in [0.15, 0.2) is 71.4 Å². The van der Waals surface area contributed by atoms with Gasteiger partial charge in [-0.2, -0.15) is 4.98 Å². The van der Waals surface area contributed by atoms with Crippen molar-refractivity contribution >= 4 is 29.1 Å². The third-order valence-electron chi connectivity index (χ3n) is 4.25. The molecule has 6 nitrogen and oxygen atoms in total. The van der Waals surface area contributed by atoms with Crippen LogP contribution in [0.2, 0.25) is 10.0 Å². The fraction of sp³-hybridized carbons (Fsp3) is 0.0952. The molecule has 4 aromatic rings. The van der Waals surface area contributed by atoms with E-state index in [2.05, 4.69) is 15.5 Å². The van der Waals surface area contributed by atoms with Crippen LogP contribution in [0, 0.1) is 0 Å². The molecule has 0 aliphatic carbocycles. The zero-order valence-electron chi connectivity index (χ0n) is 15.2. The molecule has 0 fully saturated rings. The number of nitrogens with one attached hydrogen (secondary N) is 1. The first-order chi connectivity index (χ1) is 14.1. The summed E-state index contributed by atoms with van der Waals surface area (Å²) in [6.07, 6.45) is 1.79. The van der Waals surface area contributed by atoms with Gasteiger partial charge < -0.3 is 14.4 Å². The van der Waals surface area contributed by atoms with Crippen LogP contribution in [0.3, 0.4) is 0 Å². The molecule has 0 bridgehead atoms. The Kier molecular flexibility index (Phi) is 5.64. The molecule has 1 N–H and O–H groups in total. The van der Waals surface area contributed by atoms with E-state index in [0.29, 0.717) is 34.0 Å². The molecule has 0 spiro atoms. The van der Waals surface area contributed by atoms with E-state index < -0.39 is 0 Å². The molecule has 2 heterocycles. The Hall–Kier alpha value is -3.09. The van der Waals surface area contributed by atoms with Gasteiger partial charge in [0.1, 0.15) is 12.2 Å². The molecule has 0 radical (unpaired) electrons. The van der Waals surface area contributed by atoms with E-state index in [1.807, 2.05) is 42.5 Å². The van der Waals surface area contributed by atoms with Crippen molar-refractivity contribution in [3.8, 4) is 23.0 Å². The molecule has 0 saturated heterocycles. The summed E-state index contributed by atoms with van der Waals surface area (Å²) in [5.41, 5.74) is 2.34. The molecular weight excluding hydrogens is 411 g/mol. The Labute approximate surface area is 177 Å². The highest BCUT2D eigenvalue weighted by Crippen LogP contribution is 2.24. The largest absolute Gasteiger partial charge is 0.350 e. The maximum Gasteiger partial charge on any atom is 0.274 e. The van der Waals surface area contributed by atoms with Crippen LogP contribution in [-0.4, -0.2) is 20.6 Å². The van der Waals surface area contributed by atoms with Gasteiger partial charge in [-0.15, -0.1) is 0 Å². The minimum absolute atomic E-state index is 0.123. The lowest BCUT2D eigenvalue weighted by Gasteiger charge is -2.08. The van der Waals surface area contributed by atoms with Crippen molar-refractivity contribution in [3.63, 3.8) is 0 Å². The number of hydrogen-bond donors (Lipinski definition) is 1. The Bertz CT molecular complexity index is 1150. The molecule has 8 heteroatoms. The van der Waals surface area contributed by atoms with Crippen LogP contribution in [-0.2, 0) is 17.9 Å². The van der Waals surface area contributed by atoms with Gasteiger partial charge in [0, 0.05) is 28.4 Å². The first-order valence-electron chi connectivity index (χ1n) is 8.85. The van der Waals surface area contributed by atoms with Gasteiger partial charge in [0.2, 0.25) is 11.7 Å². The van der Waals surface area contributed by atoms with Crippen LogP contribution >= 0.6 is 23.2 Å². The predicted octanol–water partition coefficient (Wildman–Crippen LogP) is 4.83.